The Morgan fingerprint density at radius 1 is 0.935 bits per heavy atom. The maximum Gasteiger partial charge on any atom is 0.233 e. The van der Waals surface area contributed by atoms with Gasteiger partial charge in [-0.2, -0.15) is 4.98 Å². The van der Waals surface area contributed by atoms with Gasteiger partial charge in [-0.3, -0.25) is 0 Å². The lowest BCUT2D eigenvalue weighted by molar-refractivity contribution is 0.577. The highest BCUT2D eigenvalue weighted by Crippen LogP contribution is 2.33. The maximum absolute atomic E-state index is 13.3. The van der Waals surface area contributed by atoms with Crippen molar-refractivity contribution < 1.29 is 12.8 Å². The van der Waals surface area contributed by atoms with Crippen molar-refractivity contribution in [2.75, 3.05) is 11.9 Å². The third kappa shape index (κ3) is 5.01. The number of aromatic nitrogens is 1. The van der Waals surface area contributed by atoms with Gasteiger partial charge in [0.1, 0.15) is 0 Å². The molecule has 0 aliphatic rings. The predicted octanol–water partition coefficient (Wildman–Crippen LogP) is 6.24. The van der Waals surface area contributed by atoms with Crippen molar-refractivity contribution in [3.63, 3.8) is 0 Å². The van der Waals surface area contributed by atoms with E-state index in [1.807, 2.05) is 54.6 Å². The topological polar surface area (TPSA) is 72.2 Å². The molecule has 8 heteroatoms. The number of oxazole rings is 1. The molecule has 0 saturated heterocycles. The third-order valence-corrected chi connectivity index (χ3v) is 7.07. The fourth-order valence-electron chi connectivity index (χ4n) is 3.01. The average Bonchev–Trinajstić information content (AvgIpc) is 3.20. The Morgan fingerprint density at radius 3 is 2.29 bits per heavy atom. The lowest BCUT2D eigenvalue weighted by Crippen LogP contribution is -2.09. The number of nitrogens with zero attached hydrogens (tertiary/aromatic N) is 1. The van der Waals surface area contributed by atoms with E-state index in [9.17, 15) is 8.42 Å². The number of sulfone groups is 1. The molecule has 158 valence electrons. The van der Waals surface area contributed by atoms with Crippen LogP contribution in [0.2, 0.25) is 5.02 Å². The van der Waals surface area contributed by atoms with Gasteiger partial charge in [-0.1, -0.05) is 57.9 Å². The lowest BCUT2D eigenvalue weighted by Gasteiger charge is -2.06. The van der Waals surface area contributed by atoms with E-state index in [0.717, 1.165) is 10.0 Å². The normalized spacial score (nSPS) is 11.4. The molecule has 0 bridgehead atoms. The van der Waals surface area contributed by atoms with Crippen LogP contribution in [-0.2, 0) is 16.3 Å². The van der Waals surface area contributed by atoms with E-state index in [-0.39, 0.29) is 21.7 Å². The summed E-state index contributed by atoms with van der Waals surface area (Å²) in [4.78, 5) is 4.44. The van der Waals surface area contributed by atoms with Crippen LogP contribution in [0.4, 0.5) is 5.88 Å². The van der Waals surface area contributed by atoms with E-state index in [4.69, 9.17) is 16.0 Å². The molecule has 4 rings (SSSR count). The molecule has 4 aromatic rings. The van der Waals surface area contributed by atoms with Gasteiger partial charge in [-0.05, 0) is 60.5 Å². The minimum Gasteiger partial charge on any atom is -0.419 e. The summed E-state index contributed by atoms with van der Waals surface area (Å²) in [6.07, 6.45) is 0.704. The zero-order valence-electron chi connectivity index (χ0n) is 16.3. The van der Waals surface area contributed by atoms with Crippen LogP contribution in [0.3, 0.4) is 0 Å². The molecule has 0 saturated carbocycles. The molecule has 0 spiro atoms. The van der Waals surface area contributed by atoms with Crippen LogP contribution in [0.5, 0.6) is 0 Å². The molecule has 0 amide bonds. The van der Waals surface area contributed by atoms with Crippen LogP contribution in [0, 0.1) is 0 Å². The highest BCUT2D eigenvalue weighted by molar-refractivity contribution is 9.10. The Bertz CT molecular complexity index is 1270. The lowest BCUT2D eigenvalue weighted by atomic mass is 10.1. The second-order valence-corrected chi connectivity index (χ2v) is 10.00. The summed E-state index contributed by atoms with van der Waals surface area (Å²) in [6, 6.07) is 23.2. The zero-order chi connectivity index (χ0) is 21.8. The van der Waals surface area contributed by atoms with Gasteiger partial charge in [0.25, 0.3) is 0 Å². The van der Waals surface area contributed by atoms with Gasteiger partial charge in [0.2, 0.25) is 26.6 Å². The van der Waals surface area contributed by atoms with Crippen molar-refractivity contribution in [3.8, 4) is 11.5 Å². The minimum atomic E-state index is -3.91. The molecular weight excluding hydrogens is 500 g/mol. The molecule has 31 heavy (non-hydrogen) atoms. The van der Waals surface area contributed by atoms with E-state index in [1.54, 1.807) is 0 Å². The zero-order valence-corrected chi connectivity index (χ0v) is 19.4. The molecular formula is C23H18BrClN2O3S. The van der Waals surface area contributed by atoms with E-state index in [2.05, 4.69) is 26.2 Å². The molecule has 1 N–H and O–H groups in total. The number of hydrogen-bond donors (Lipinski definition) is 1. The van der Waals surface area contributed by atoms with Crippen molar-refractivity contribution >= 4 is 43.3 Å². The molecule has 1 aromatic heterocycles. The van der Waals surface area contributed by atoms with Crippen molar-refractivity contribution in [2.24, 2.45) is 0 Å². The first-order chi connectivity index (χ1) is 14.9. The Hall–Kier alpha value is -2.61. The largest absolute Gasteiger partial charge is 0.419 e. The molecule has 0 aliphatic heterocycles. The van der Waals surface area contributed by atoms with Crippen molar-refractivity contribution in [2.45, 2.75) is 16.3 Å². The SMILES string of the molecule is O=S(=O)(c1ccc(Cl)cc1)c1nc(-c2ccc(Br)cc2)oc1NCCc1ccccc1. The molecule has 5 nitrogen and oxygen atoms in total. The highest BCUT2D eigenvalue weighted by Gasteiger charge is 2.28. The summed E-state index contributed by atoms with van der Waals surface area (Å²) in [7, 11) is -3.91. The summed E-state index contributed by atoms with van der Waals surface area (Å²) in [6.45, 7) is 0.488. The number of anilines is 1. The van der Waals surface area contributed by atoms with Crippen molar-refractivity contribution in [1.29, 1.82) is 0 Å². The van der Waals surface area contributed by atoms with Gasteiger partial charge >= 0.3 is 0 Å². The molecule has 0 unspecified atom stereocenters. The first-order valence-corrected chi connectivity index (χ1v) is 12.1. The van der Waals surface area contributed by atoms with Crippen LogP contribution < -0.4 is 5.32 Å². The van der Waals surface area contributed by atoms with Gasteiger partial charge in [0, 0.05) is 21.6 Å². The van der Waals surface area contributed by atoms with Crippen LogP contribution in [0.1, 0.15) is 5.56 Å². The van der Waals surface area contributed by atoms with Crippen molar-refractivity contribution in [3.05, 3.63) is 93.9 Å². The first-order valence-electron chi connectivity index (χ1n) is 9.49. The van der Waals surface area contributed by atoms with E-state index in [1.165, 1.54) is 24.3 Å². The van der Waals surface area contributed by atoms with Crippen LogP contribution in [0.15, 0.2) is 97.7 Å². The monoisotopic (exact) mass is 516 g/mol. The predicted molar refractivity (Wildman–Crippen MR) is 125 cm³/mol. The Morgan fingerprint density at radius 2 is 1.61 bits per heavy atom. The summed E-state index contributed by atoms with van der Waals surface area (Å²) in [5.74, 6) is 0.339. The number of halogens is 2. The van der Waals surface area contributed by atoms with E-state index >= 15 is 0 Å². The number of hydrogen-bond acceptors (Lipinski definition) is 5. The molecule has 1 heterocycles. The van der Waals surface area contributed by atoms with Gasteiger partial charge in [-0.15, -0.1) is 0 Å². The smallest absolute Gasteiger partial charge is 0.233 e. The number of nitrogens with one attached hydrogen (secondary N) is 1. The Kier molecular flexibility index (Phi) is 6.46. The van der Waals surface area contributed by atoms with E-state index < -0.39 is 9.84 Å². The Labute approximate surface area is 194 Å². The van der Waals surface area contributed by atoms with Crippen LogP contribution in [0.25, 0.3) is 11.5 Å². The number of benzene rings is 3. The average molecular weight is 518 g/mol. The maximum atomic E-state index is 13.3. The van der Waals surface area contributed by atoms with E-state index in [0.29, 0.717) is 23.6 Å². The summed E-state index contributed by atoms with van der Waals surface area (Å²) in [5.41, 5.74) is 1.80. The van der Waals surface area contributed by atoms with Gasteiger partial charge in [-0.25, -0.2) is 8.42 Å². The van der Waals surface area contributed by atoms with Gasteiger partial charge in [0.15, 0.2) is 0 Å². The second-order valence-electron chi connectivity index (χ2n) is 6.78. The summed E-state index contributed by atoms with van der Waals surface area (Å²) in [5, 5.41) is 3.41. The third-order valence-electron chi connectivity index (χ3n) is 4.61. The second kappa shape index (κ2) is 9.26. The quantitative estimate of drug-likeness (QED) is 0.314. The molecule has 0 atom stereocenters. The van der Waals surface area contributed by atoms with Crippen molar-refractivity contribution in [1.82, 2.24) is 4.98 Å². The van der Waals surface area contributed by atoms with Gasteiger partial charge in [0.05, 0.1) is 4.90 Å². The molecule has 0 radical (unpaired) electrons. The van der Waals surface area contributed by atoms with Crippen LogP contribution >= 0.6 is 27.5 Å². The molecule has 0 fully saturated rings. The number of rotatable bonds is 7. The van der Waals surface area contributed by atoms with Gasteiger partial charge < -0.3 is 9.73 Å². The standard InChI is InChI=1S/C23H18BrClN2O3S/c24-18-8-6-17(7-9-18)21-27-23(31(28,29)20-12-10-19(25)11-13-20)22(30-21)26-15-14-16-4-2-1-3-5-16/h1-13,26H,14-15H2. The fourth-order valence-corrected chi connectivity index (χ4v) is 4.68. The summed E-state index contributed by atoms with van der Waals surface area (Å²) < 4.78 is 33.3. The van der Waals surface area contributed by atoms with Crippen LogP contribution in [-0.4, -0.2) is 19.9 Å². The molecule has 3 aromatic carbocycles. The summed E-state index contributed by atoms with van der Waals surface area (Å²) >= 11 is 9.31. The Balaban J connectivity index is 1.69. The highest BCUT2D eigenvalue weighted by atomic mass is 79.9. The first kappa shape index (κ1) is 21.6. The molecule has 0 aliphatic carbocycles. The minimum absolute atomic E-state index is 0.0960. The fraction of sp³-hybridized carbons (Fsp3) is 0.0870.